The number of aliphatic carboxylic acids is 1. The number of hydrogen-bond acceptors (Lipinski definition) is 2. The molecule has 0 spiro atoms. The Hall–Kier alpha value is -2.04. The summed E-state index contributed by atoms with van der Waals surface area (Å²) in [5.41, 5.74) is 0.856. The average Bonchev–Trinajstić information content (AvgIpc) is 2.55. The predicted molar refractivity (Wildman–Crippen MR) is 54.8 cm³/mol. The van der Waals surface area contributed by atoms with E-state index >= 15 is 0 Å². The smallest absolute Gasteiger partial charge is 0.368 e. The zero-order chi connectivity index (χ0) is 11.7. The van der Waals surface area contributed by atoms with Crippen LogP contribution in [-0.4, -0.2) is 17.1 Å². The van der Waals surface area contributed by atoms with Gasteiger partial charge in [-0.2, -0.15) is 9.98 Å². The molecule has 0 saturated heterocycles. The van der Waals surface area contributed by atoms with E-state index in [0.29, 0.717) is 10.7 Å². The van der Waals surface area contributed by atoms with Gasteiger partial charge in [0.25, 0.3) is 0 Å². The molecule has 1 aliphatic rings. The van der Waals surface area contributed by atoms with Crippen molar-refractivity contribution >= 4 is 12.0 Å². The van der Waals surface area contributed by atoms with Crippen LogP contribution >= 0.6 is 0 Å². The summed E-state index contributed by atoms with van der Waals surface area (Å²) < 4.78 is 0. The van der Waals surface area contributed by atoms with Gasteiger partial charge in [-0.05, 0) is 23.6 Å². The van der Waals surface area contributed by atoms with E-state index in [0.717, 1.165) is 5.56 Å². The molecule has 1 N–H and O–H groups in total. The van der Waals surface area contributed by atoms with Crippen LogP contribution in [0.15, 0.2) is 28.2 Å². The van der Waals surface area contributed by atoms with Gasteiger partial charge in [-0.25, -0.2) is 4.79 Å². The quantitative estimate of drug-likeness (QED) is 0.808. The van der Waals surface area contributed by atoms with Gasteiger partial charge in [-0.1, -0.05) is 13.0 Å². The SMILES string of the molecule is CC(CC(=O)O)c1ccc2c(c1)=NC(=O)N=2. The van der Waals surface area contributed by atoms with Crippen LogP contribution in [0, 0.1) is 0 Å². The lowest BCUT2D eigenvalue weighted by molar-refractivity contribution is -0.137. The van der Waals surface area contributed by atoms with Crippen molar-refractivity contribution in [2.75, 3.05) is 0 Å². The molecule has 1 unspecified atom stereocenters. The Balaban J connectivity index is 2.37. The number of carboxylic acids is 1. The Labute approximate surface area is 91.2 Å². The van der Waals surface area contributed by atoms with Crippen LogP contribution in [-0.2, 0) is 4.79 Å². The van der Waals surface area contributed by atoms with Gasteiger partial charge < -0.3 is 5.11 Å². The number of carbonyl (C=O) groups is 2. The molecule has 5 nitrogen and oxygen atoms in total. The van der Waals surface area contributed by atoms with Crippen molar-refractivity contribution in [2.24, 2.45) is 9.98 Å². The maximum absolute atomic E-state index is 10.9. The maximum Gasteiger partial charge on any atom is 0.368 e. The second-order valence-corrected chi connectivity index (χ2v) is 3.75. The lowest BCUT2D eigenvalue weighted by Gasteiger charge is -2.07. The first-order valence-electron chi connectivity index (χ1n) is 4.89. The van der Waals surface area contributed by atoms with E-state index in [-0.39, 0.29) is 12.3 Å². The molecule has 1 aromatic carbocycles. The first-order valence-corrected chi connectivity index (χ1v) is 4.89. The third kappa shape index (κ3) is 1.98. The van der Waals surface area contributed by atoms with Crippen molar-refractivity contribution in [1.82, 2.24) is 0 Å². The Morgan fingerprint density at radius 3 is 2.75 bits per heavy atom. The molecule has 0 radical (unpaired) electrons. The van der Waals surface area contributed by atoms with Crippen LogP contribution in [0.2, 0.25) is 0 Å². The maximum atomic E-state index is 10.9. The minimum Gasteiger partial charge on any atom is -0.481 e. The number of amides is 2. The minimum absolute atomic E-state index is 0.0594. The summed E-state index contributed by atoms with van der Waals surface area (Å²) in [5.74, 6) is -0.945. The van der Waals surface area contributed by atoms with Crippen molar-refractivity contribution in [2.45, 2.75) is 19.3 Å². The summed E-state index contributed by atoms with van der Waals surface area (Å²) in [7, 11) is 0. The molecule has 1 aliphatic heterocycles. The van der Waals surface area contributed by atoms with E-state index in [4.69, 9.17) is 5.11 Å². The van der Waals surface area contributed by atoms with Crippen LogP contribution in [0.4, 0.5) is 4.79 Å². The number of nitrogens with zero attached hydrogens (tertiary/aromatic N) is 2. The van der Waals surface area contributed by atoms with Gasteiger partial charge in [0.1, 0.15) is 0 Å². The van der Waals surface area contributed by atoms with E-state index in [2.05, 4.69) is 9.98 Å². The molecule has 0 bridgehead atoms. The van der Waals surface area contributed by atoms with Gasteiger partial charge in [0.05, 0.1) is 17.1 Å². The number of benzene rings is 1. The van der Waals surface area contributed by atoms with Crippen LogP contribution in [0.3, 0.4) is 0 Å². The summed E-state index contributed by atoms with van der Waals surface area (Å²) in [4.78, 5) is 28.9. The summed E-state index contributed by atoms with van der Waals surface area (Å²) in [6, 6.07) is 4.69. The highest BCUT2D eigenvalue weighted by atomic mass is 16.4. The Bertz CT molecular complexity index is 577. The van der Waals surface area contributed by atoms with E-state index in [1.807, 2.05) is 6.92 Å². The predicted octanol–water partition coefficient (Wildman–Crippen LogP) is 0.638. The van der Waals surface area contributed by atoms with Crippen LogP contribution < -0.4 is 10.7 Å². The molecule has 0 aliphatic carbocycles. The first kappa shape index (κ1) is 10.5. The molecule has 1 heterocycles. The molecular formula is C11H10N2O3. The Morgan fingerprint density at radius 2 is 2.06 bits per heavy atom. The highest BCUT2D eigenvalue weighted by Crippen LogP contribution is 2.16. The van der Waals surface area contributed by atoms with Gasteiger partial charge in [0, 0.05) is 0 Å². The molecule has 0 fully saturated rings. The standard InChI is InChI=1S/C11H10N2O3/c1-6(4-10(14)15)7-2-3-8-9(5-7)13-11(16)12-8/h2-3,5-6H,4H2,1H3,(H,14,15). The van der Waals surface area contributed by atoms with Gasteiger partial charge >= 0.3 is 12.0 Å². The fraction of sp³-hybridized carbons (Fsp3) is 0.273. The van der Waals surface area contributed by atoms with Crippen LogP contribution in [0.25, 0.3) is 0 Å². The molecule has 16 heavy (non-hydrogen) atoms. The third-order valence-electron chi connectivity index (χ3n) is 2.48. The van der Waals surface area contributed by atoms with Gasteiger partial charge in [-0.15, -0.1) is 0 Å². The number of urea groups is 1. The topological polar surface area (TPSA) is 79.1 Å². The monoisotopic (exact) mass is 218 g/mol. The van der Waals surface area contributed by atoms with Crippen LogP contribution in [0.1, 0.15) is 24.8 Å². The molecule has 82 valence electrons. The van der Waals surface area contributed by atoms with Crippen molar-refractivity contribution in [1.29, 1.82) is 0 Å². The Morgan fingerprint density at radius 1 is 1.38 bits per heavy atom. The summed E-state index contributed by atoms with van der Waals surface area (Å²) in [5, 5.41) is 9.76. The van der Waals surface area contributed by atoms with Crippen molar-refractivity contribution < 1.29 is 14.7 Å². The largest absolute Gasteiger partial charge is 0.481 e. The van der Waals surface area contributed by atoms with Gasteiger partial charge in [-0.3, -0.25) is 4.79 Å². The lowest BCUT2D eigenvalue weighted by Crippen LogP contribution is -2.22. The van der Waals surface area contributed by atoms with Gasteiger partial charge in [0.15, 0.2) is 0 Å². The number of fused-ring (bicyclic) bond motifs is 1. The van der Waals surface area contributed by atoms with Gasteiger partial charge in [0.2, 0.25) is 0 Å². The van der Waals surface area contributed by atoms with Crippen molar-refractivity contribution in [3.05, 3.63) is 34.5 Å². The zero-order valence-corrected chi connectivity index (χ0v) is 8.67. The van der Waals surface area contributed by atoms with Crippen molar-refractivity contribution in [3.63, 3.8) is 0 Å². The lowest BCUT2D eigenvalue weighted by atomic mass is 9.98. The number of rotatable bonds is 3. The number of carbonyl (C=O) groups excluding carboxylic acids is 1. The number of carboxylic acid groups (broad SMARTS) is 1. The van der Waals surface area contributed by atoms with Crippen molar-refractivity contribution in [3.8, 4) is 0 Å². The summed E-state index contributed by atoms with van der Waals surface area (Å²) in [6.45, 7) is 1.82. The highest BCUT2D eigenvalue weighted by molar-refractivity contribution is 5.77. The second kappa shape index (κ2) is 3.84. The molecule has 2 rings (SSSR count). The molecule has 5 heteroatoms. The first-order chi connectivity index (χ1) is 7.56. The van der Waals surface area contributed by atoms with E-state index in [9.17, 15) is 9.59 Å². The average molecular weight is 218 g/mol. The summed E-state index contributed by atoms with van der Waals surface area (Å²) >= 11 is 0. The fourth-order valence-corrected chi connectivity index (χ4v) is 1.64. The third-order valence-corrected chi connectivity index (χ3v) is 2.48. The Kier molecular flexibility index (Phi) is 2.52. The number of hydrogen-bond donors (Lipinski definition) is 1. The molecule has 0 aromatic heterocycles. The molecular weight excluding hydrogens is 208 g/mol. The minimum atomic E-state index is -0.842. The molecule has 1 aromatic rings. The zero-order valence-electron chi connectivity index (χ0n) is 8.67. The van der Waals surface area contributed by atoms with E-state index in [1.54, 1.807) is 18.2 Å². The van der Waals surface area contributed by atoms with E-state index < -0.39 is 12.0 Å². The molecule has 1 atom stereocenters. The fourth-order valence-electron chi connectivity index (χ4n) is 1.64. The second-order valence-electron chi connectivity index (χ2n) is 3.75. The van der Waals surface area contributed by atoms with Crippen LogP contribution in [0.5, 0.6) is 0 Å². The van der Waals surface area contributed by atoms with E-state index in [1.165, 1.54) is 0 Å². The highest BCUT2D eigenvalue weighted by Gasteiger charge is 2.12. The molecule has 2 amide bonds. The normalized spacial score (nSPS) is 14.9. The summed E-state index contributed by atoms with van der Waals surface area (Å²) in [6.07, 6.45) is 0.0594. The molecule has 0 saturated carbocycles.